The van der Waals surface area contributed by atoms with E-state index in [1.165, 1.54) is 0 Å². The van der Waals surface area contributed by atoms with E-state index < -0.39 is 0 Å². The number of rotatable bonds is 4. The van der Waals surface area contributed by atoms with Crippen LogP contribution in [0.25, 0.3) is 0 Å². The first-order valence-electron chi connectivity index (χ1n) is 7.89. The summed E-state index contributed by atoms with van der Waals surface area (Å²) in [7, 11) is 0. The molecule has 0 N–H and O–H groups in total. The first kappa shape index (κ1) is 15.6. The Morgan fingerprint density at radius 2 is 1.78 bits per heavy atom. The maximum atomic E-state index is 12.7. The van der Waals surface area contributed by atoms with E-state index >= 15 is 0 Å². The summed E-state index contributed by atoms with van der Waals surface area (Å²) in [5.74, 6) is 0.901. The fraction of sp³-hybridized carbons (Fsp3) is 0.316. The van der Waals surface area contributed by atoms with Crippen LogP contribution in [0.3, 0.4) is 0 Å². The molecule has 4 heteroatoms. The summed E-state index contributed by atoms with van der Waals surface area (Å²) in [6.07, 6.45) is 0. The van der Waals surface area contributed by atoms with Crippen molar-refractivity contribution < 1.29 is 14.3 Å². The molecule has 3 rings (SSSR count). The molecule has 0 aliphatic carbocycles. The van der Waals surface area contributed by atoms with Gasteiger partial charge in [0.05, 0.1) is 13.2 Å². The van der Waals surface area contributed by atoms with Crippen molar-refractivity contribution in [1.82, 2.24) is 4.90 Å². The lowest BCUT2D eigenvalue weighted by Gasteiger charge is -2.27. The Morgan fingerprint density at radius 3 is 2.57 bits per heavy atom. The van der Waals surface area contributed by atoms with Crippen molar-refractivity contribution in [2.45, 2.75) is 13.5 Å². The van der Waals surface area contributed by atoms with Crippen LogP contribution in [-0.2, 0) is 11.3 Å². The van der Waals surface area contributed by atoms with Crippen molar-refractivity contribution in [2.75, 3.05) is 26.3 Å². The summed E-state index contributed by atoms with van der Waals surface area (Å²) in [5, 5.41) is 0. The zero-order valence-corrected chi connectivity index (χ0v) is 13.3. The molecule has 2 aromatic carbocycles. The number of aryl methyl sites for hydroxylation is 1. The molecular formula is C19H21NO3. The van der Waals surface area contributed by atoms with Crippen LogP contribution in [-0.4, -0.2) is 37.1 Å². The van der Waals surface area contributed by atoms with Crippen molar-refractivity contribution in [1.29, 1.82) is 0 Å². The SMILES string of the molecule is Cc1ccccc1OCc1ccccc1C(=O)N1CCOCC1. The van der Waals surface area contributed by atoms with Crippen LogP contribution in [0.15, 0.2) is 48.5 Å². The van der Waals surface area contributed by atoms with E-state index in [9.17, 15) is 4.79 Å². The normalized spacial score (nSPS) is 14.6. The number of hydrogen-bond donors (Lipinski definition) is 0. The van der Waals surface area contributed by atoms with Gasteiger partial charge in [-0.15, -0.1) is 0 Å². The lowest BCUT2D eigenvalue weighted by molar-refractivity contribution is 0.0301. The zero-order chi connectivity index (χ0) is 16.1. The van der Waals surface area contributed by atoms with Gasteiger partial charge in [0, 0.05) is 24.2 Å². The van der Waals surface area contributed by atoms with Gasteiger partial charge in [0.15, 0.2) is 0 Å². The molecule has 0 bridgehead atoms. The van der Waals surface area contributed by atoms with Crippen molar-refractivity contribution >= 4 is 5.91 Å². The van der Waals surface area contributed by atoms with Gasteiger partial charge in [-0.05, 0) is 24.6 Å². The van der Waals surface area contributed by atoms with Gasteiger partial charge in [-0.25, -0.2) is 0 Å². The van der Waals surface area contributed by atoms with Gasteiger partial charge in [0.2, 0.25) is 0 Å². The molecule has 1 fully saturated rings. The molecular weight excluding hydrogens is 290 g/mol. The minimum atomic E-state index is 0.0530. The summed E-state index contributed by atoms with van der Waals surface area (Å²) < 4.78 is 11.2. The average molecular weight is 311 g/mol. The van der Waals surface area contributed by atoms with Crippen molar-refractivity contribution in [3.05, 3.63) is 65.2 Å². The van der Waals surface area contributed by atoms with Crippen LogP contribution in [0, 0.1) is 6.92 Å². The third-order valence-electron chi connectivity index (χ3n) is 4.02. The molecule has 0 unspecified atom stereocenters. The highest BCUT2D eigenvalue weighted by molar-refractivity contribution is 5.95. The molecule has 0 saturated carbocycles. The van der Waals surface area contributed by atoms with E-state index in [1.54, 1.807) is 0 Å². The maximum absolute atomic E-state index is 12.7. The minimum Gasteiger partial charge on any atom is -0.489 e. The minimum absolute atomic E-state index is 0.0530. The van der Waals surface area contributed by atoms with Crippen molar-refractivity contribution in [2.24, 2.45) is 0 Å². The highest BCUT2D eigenvalue weighted by atomic mass is 16.5. The summed E-state index contributed by atoms with van der Waals surface area (Å²) >= 11 is 0. The first-order chi connectivity index (χ1) is 11.3. The molecule has 0 atom stereocenters. The number of para-hydroxylation sites is 1. The highest BCUT2D eigenvalue weighted by Gasteiger charge is 2.20. The largest absolute Gasteiger partial charge is 0.489 e. The summed E-state index contributed by atoms with van der Waals surface area (Å²) in [5.41, 5.74) is 2.71. The standard InChI is InChI=1S/C19H21NO3/c1-15-6-2-5-9-18(15)23-14-16-7-3-4-8-17(16)19(21)20-10-12-22-13-11-20/h2-9H,10-14H2,1H3. The lowest BCUT2D eigenvalue weighted by Crippen LogP contribution is -2.41. The van der Waals surface area contributed by atoms with E-state index in [-0.39, 0.29) is 5.91 Å². The number of benzene rings is 2. The van der Waals surface area contributed by atoms with Crippen LogP contribution in [0.2, 0.25) is 0 Å². The second kappa shape index (κ2) is 7.29. The molecule has 0 aromatic heterocycles. The summed E-state index contributed by atoms with van der Waals surface area (Å²) in [6, 6.07) is 15.5. The topological polar surface area (TPSA) is 38.8 Å². The Labute approximate surface area is 136 Å². The molecule has 120 valence electrons. The molecule has 1 aliphatic heterocycles. The zero-order valence-electron chi connectivity index (χ0n) is 13.3. The molecule has 4 nitrogen and oxygen atoms in total. The molecule has 1 aliphatic rings. The van der Waals surface area contributed by atoms with Crippen LogP contribution < -0.4 is 4.74 Å². The maximum Gasteiger partial charge on any atom is 0.254 e. The fourth-order valence-corrected chi connectivity index (χ4v) is 2.67. The fourth-order valence-electron chi connectivity index (χ4n) is 2.67. The van der Waals surface area contributed by atoms with E-state index in [0.717, 1.165) is 16.9 Å². The third-order valence-corrected chi connectivity index (χ3v) is 4.02. The smallest absolute Gasteiger partial charge is 0.254 e. The van der Waals surface area contributed by atoms with E-state index in [2.05, 4.69) is 0 Å². The second-order valence-corrected chi connectivity index (χ2v) is 5.62. The Balaban J connectivity index is 1.75. The first-order valence-corrected chi connectivity index (χ1v) is 7.89. The van der Waals surface area contributed by atoms with E-state index in [1.807, 2.05) is 60.4 Å². The van der Waals surface area contributed by atoms with Crippen LogP contribution in [0.1, 0.15) is 21.5 Å². The van der Waals surface area contributed by atoms with Gasteiger partial charge < -0.3 is 14.4 Å². The summed E-state index contributed by atoms with van der Waals surface area (Å²) in [6.45, 7) is 4.90. The van der Waals surface area contributed by atoms with E-state index in [4.69, 9.17) is 9.47 Å². The molecule has 0 radical (unpaired) electrons. The third kappa shape index (κ3) is 3.71. The molecule has 1 amide bonds. The molecule has 23 heavy (non-hydrogen) atoms. The number of morpholine rings is 1. The highest BCUT2D eigenvalue weighted by Crippen LogP contribution is 2.20. The van der Waals surface area contributed by atoms with Crippen LogP contribution in [0.4, 0.5) is 0 Å². The summed E-state index contributed by atoms with van der Waals surface area (Å²) in [4.78, 5) is 14.6. The number of carbonyl (C=O) groups is 1. The van der Waals surface area contributed by atoms with Crippen molar-refractivity contribution in [3.8, 4) is 5.75 Å². The van der Waals surface area contributed by atoms with Gasteiger partial charge in [-0.1, -0.05) is 36.4 Å². The van der Waals surface area contributed by atoms with Gasteiger partial charge in [-0.2, -0.15) is 0 Å². The van der Waals surface area contributed by atoms with E-state index in [0.29, 0.717) is 38.5 Å². The number of amides is 1. The van der Waals surface area contributed by atoms with Gasteiger partial charge in [-0.3, -0.25) is 4.79 Å². The van der Waals surface area contributed by atoms with Gasteiger partial charge in [0.1, 0.15) is 12.4 Å². The van der Waals surface area contributed by atoms with Crippen LogP contribution >= 0.6 is 0 Å². The Kier molecular flexibility index (Phi) is 4.93. The van der Waals surface area contributed by atoms with Crippen molar-refractivity contribution in [3.63, 3.8) is 0 Å². The average Bonchev–Trinajstić information content (AvgIpc) is 2.61. The monoisotopic (exact) mass is 311 g/mol. The molecule has 2 aromatic rings. The Hall–Kier alpha value is -2.33. The molecule has 1 heterocycles. The van der Waals surface area contributed by atoms with Gasteiger partial charge in [0.25, 0.3) is 5.91 Å². The predicted octanol–water partition coefficient (Wildman–Crippen LogP) is 3.05. The lowest BCUT2D eigenvalue weighted by atomic mass is 10.1. The molecule has 0 spiro atoms. The van der Waals surface area contributed by atoms with Gasteiger partial charge >= 0.3 is 0 Å². The number of ether oxygens (including phenoxy) is 2. The second-order valence-electron chi connectivity index (χ2n) is 5.62. The Morgan fingerprint density at radius 1 is 1.09 bits per heavy atom. The number of carbonyl (C=O) groups excluding carboxylic acids is 1. The quantitative estimate of drug-likeness (QED) is 0.871. The molecule has 1 saturated heterocycles. The Bertz CT molecular complexity index is 678. The predicted molar refractivity (Wildman–Crippen MR) is 88.7 cm³/mol. The number of hydrogen-bond acceptors (Lipinski definition) is 3. The number of nitrogens with zero attached hydrogens (tertiary/aromatic N) is 1. The van der Waals surface area contributed by atoms with Crippen LogP contribution in [0.5, 0.6) is 5.75 Å².